The van der Waals surface area contributed by atoms with Gasteiger partial charge in [-0.2, -0.15) is 0 Å². The van der Waals surface area contributed by atoms with E-state index < -0.39 is 0 Å². The number of nitrogens with zero attached hydrogens (tertiary/aromatic N) is 4. The molecule has 2 aliphatic heterocycles. The van der Waals surface area contributed by atoms with E-state index >= 15 is 0 Å². The first-order chi connectivity index (χ1) is 19.9. The van der Waals surface area contributed by atoms with Crippen LogP contribution >= 0.6 is 23.4 Å². The lowest BCUT2D eigenvalue weighted by Gasteiger charge is -2.41. The minimum absolute atomic E-state index is 0.0929. The van der Waals surface area contributed by atoms with E-state index in [9.17, 15) is 4.39 Å². The second-order valence-corrected chi connectivity index (χ2v) is 12.3. The average Bonchev–Trinajstić information content (AvgIpc) is 3.30. The number of hydrogen-bond acceptors (Lipinski definition) is 7. The van der Waals surface area contributed by atoms with Crippen LogP contribution in [0.2, 0.25) is 5.02 Å². The van der Waals surface area contributed by atoms with Gasteiger partial charge in [0.05, 0.1) is 36.1 Å². The van der Waals surface area contributed by atoms with Crippen molar-refractivity contribution in [2.45, 2.75) is 49.9 Å². The van der Waals surface area contributed by atoms with Crippen LogP contribution in [0.1, 0.15) is 36.3 Å². The highest BCUT2D eigenvalue weighted by Crippen LogP contribution is 2.38. The predicted molar refractivity (Wildman–Crippen MR) is 163 cm³/mol. The first-order valence-corrected chi connectivity index (χ1v) is 15.6. The van der Waals surface area contributed by atoms with E-state index in [1.165, 1.54) is 17.0 Å². The Balaban J connectivity index is 1.15. The normalized spacial score (nSPS) is 22.2. The molecule has 10 heteroatoms. The highest BCUT2D eigenvalue weighted by atomic mass is 35.5. The Morgan fingerprint density at radius 2 is 2.12 bits per heavy atom. The Kier molecular flexibility index (Phi) is 8.51. The standard InChI is InChI=1S/C31H35ClFN5O2S/c1-34-24-8-9-28-27(17-24)35-29(38(28)20-31(41-2)12-15-40-31)18-37-13-10-21(11-14-37)26-4-3-5-30(36-26)39-19-22-6-7-23(32)16-25(22)33/h3-7,9-10,16-17,24,34H,8,11-15,18-20H2,1-2H3. The van der Waals surface area contributed by atoms with E-state index in [1.807, 2.05) is 19.2 Å². The van der Waals surface area contributed by atoms with E-state index in [-0.39, 0.29) is 17.4 Å². The lowest BCUT2D eigenvalue weighted by Crippen LogP contribution is -2.48. The molecule has 0 amide bonds. The van der Waals surface area contributed by atoms with Gasteiger partial charge in [0.15, 0.2) is 0 Å². The van der Waals surface area contributed by atoms with Crippen molar-refractivity contribution in [1.29, 1.82) is 0 Å². The quantitative estimate of drug-likeness (QED) is 0.381. The third-order valence-electron chi connectivity index (χ3n) is 8.13. The molecule has 3 aromatic rings. The van der Waals surface area contributed by atoms with Gasteiger partial charge in [0.1, 0.15) is 23.2 Å². The molecule has 2 unspecified atom stereocenters. The van der Waals surface area contributed by atoms with Crippen LogP contribution in [0.4, 0.5) is 4.39 Å². The van der Waals surface area contributed by atoms with Gasteiger partial charge in [-0.25, -0.2) is 14.4 Å². The van der Waals surface area contributed by atoms with Crippen LogP contribution < -0.4 is 20.8 Å². The largest absolute Gasteiger partial charge is 0.473 e. The zero-order chi connectivity index (χ0) is 28.4. The summed E-state index contributed by atoms with van der Waals surface area (Å²) in [4.78, 5) is 12.1. The summed E-state index contributed by atoms with van der Waals surface area (Å²) in [6.45, 7) is 4.22. The van der Waals surface area contributed by atoms with Crippen molar-refractivity contribution >= 4 is 41.1 Å². The van der Waals surface area contributed by atoms with Gasteiger partial charge in [-0.1, -0.05) is 35.9 Å². The molecule has 0 saturated carbocycles. The molecular formula is C31H35ClFN5O2S. The molecule has 41 heavy (non-hydrogen) atoms. The summed E-state index contributed by atoms with van der Waals surface area (Å²) in [6, 6.07) is 10.6. The van der Waals surface area contributed by atoms with Crippen LogP contribution in [-0.4, -0.2) is 63.4 Å². The predicted octanol–water partition coefficient (Wildman–Crippen LogP) is 3.97. The van der Waals surface area contributed by atoms with E-state index in [2.05, 4.69) is 39.3 Å². The first kappa shape index (κ1) is 28.4. The number of halogens is 2. The number of fused-ring (bicyclic) bond motifs is 1. The van der Waals surface area contributed by atoms with Crippen LogP contribution in [0, 0.1) is 5.82 Å². The second-order valence-electron chi connectivity index (χ2n) is 10.7. The lowest BCUT2D eigenvalue weighted by atomic mass is 10.0. The Morgan fingerprint density at radius 3 is 2.83 bits per heavy atom. The Labute approximate surface area is 249 Å². The van der Waals surface area contributed by atoms with E-state index in [0.29, 0.717) is 22.5 Å². The fraction of sp³-hybridized carbons (Fsp3) is 0.419. The number of nitrogens with one attached hydrogen (secondary N) is 1. The van der Waals surface area contributed by atoms with Gasteiger partial charge in [0.25, 0.3) is 0 Å². The summed E-state index contributed by atoms with van der Waals surface area (Å²) in [5.74, 6) is 1.18. The van der Waals surface area contributed by atoms with Crippen molar-refractivity contribution in [1.82, 2.24) is 24.8 Å². The van der Waals surface area contributed by atoms with Gasteiger partial charge in [0.2, 0.25) is 5.88 Å². The van der Waals surface area contributed by atoms with Gasteiger partial charge in [-0.3, -0.25) is 4.90 Å². The fourth-order valence-corrected chi connectivity index (χ4v) is 6.45. The topological polar surface area (TPSA) is 64.4 Å². The molecular weight excluding hydrogens is 561 g/mol. The van der Waals surface area contributed by atoms with Gasteiger partial charge in [-0.05, 0) is 56.0 Å². The molecule has 7 nitrogen and oxygen atoms in total. The molecule has 1 N–H and O–H groups in total. The summed E-state index contributed by atoms with van der Waals surface area (Å²) >= 11 is 7.66. The highest BCUT2D eigenvalue weighted by molar-refractivity contribution is 7.99. The smallest absolute Gasteiger partial charge is 0.214 e. The molecule has 3 aliphatic rings. The van der Waals surface area contributed by atoms with Crippen molar-refractivity contribution in [2.24, 2.45) is 0 Å². The average molecular weight is 596 g/mol. The number of pyridine rings is 1. The molecule has 1 fully saturated rings. The molecule has 0 bridgehead atoms. The Bertz CT molecular complexity index is 1570. The van der Waals surface area contributed by atoms with Crippen LogP contribution in [0.3, 0.4) is 0 Å². The Hall–Kier alpha value is -2.69. The summed E-state index contributed by atoms with van der Waals surface area (Å²) in [5, 5.41) is 6.00. The molecule has 6 rings (SSSR count). The molecule has 216 valence electrons. The van der Waals surface area contributed by atoms with Crippen LogP contribution in [0.25, 0.3) is 17.7 Å². The first-order valence-electron chi connectivity index (χ1n) is 14.0. The van der Waals surface area contributed by atoms with Crippen molar-refractivity contribution in [2.75, 3.05) is 33.0 Å². The molecule has 1 aromatic carbocycles. The zero-order valence-electron chi connectivity index (χ0n) is 23.4. The van der Waals surface area contributed by atoms with E-state index in [1.54, 1.807) is 30.0 Å². The number of imidazole rings is 1. The molecule has 4 heterocycles. The molecule has 2 atom stereocenters. The number of ether oxygens (including phenoxy) is 2. The SMILES string of the molecule is CNC1C=c2nc(CN3CC=C(c4cccc(OCc5ccc(Cl)cc5F)n4)CC3)n(CC3(SC)CCO3)c2=CC1. The number of thioether (sulfide) groups is 1. The maximum atomic E-state index is 14.1. The summed E-state index contributed by atoms with van der Waals surface area (Å²) in [7, 11) is 2.00. The van der Waals surface area contributed by atoms with Crippen molar-refractivity contribution in [3.63, 3.8) is 0 Å². The van der Waals surface area contributed by atoms with Crippen molar-refractivity contribution < 1.29 is 13.9 Å². The fourth-order valence-electron chi connectivity index (χ4n) is 5.54. The summed E-state index contributed by atoms with van der Waals surface area (Å²) in [5.41, 5.74) is 2.52. The number of hydrogen-bond donors (Lipinski definition) is 1. The Morgan fingerprint density at radius 1 is 1.24 bits per heavy atom. The second kappa shape index (κ2) is 12.3. The molecule has 2 aromatic heterocycles. The van der Waals surface area contributed by atoms with Gasteiger partial charge >= 0.3 is 0 Å². The van der Waals surface area contributed by atoms with Gasteiger partial charge in [0, 0.05) is 42.2 Å². The zero-order valence-corrected chi connectivity index (χ0v) is 25.0. The van der Waals surface area contributed by atoms with Gasteiger partial charge < -0.3 is 19.4 Å². The minimum atomic E-state index is -0.383. The number of benzene rings is 1. The maximum absolute atomic E-state index is 14.1. The summed E-state index contributed by atoms with van der Waals surface area (Å²) < 4.78 is 28.4. The molecule has 0 spiro atoms. The van der Waals surface area contributed by atoms with Crippen molar-refractivity contribution in [3.8, 4) is 5.88 Å². The monoisotopic (exact) mass is 595 g/mol. The minimum Gasteiger partial charge on any atom is -0.473 e. The van der Waals surface area contributed by atoms with Gasteiger partial charge in [-0.15, -0.1) is 11.8 Å². The van der Waals surface area contributed by atoms with E-state index in [0.717, 1.165) is 68.9 Å². The maximum Gasteiger partial charge on any atom is 0.214 e. The molecule has 0 radical (unpaired) electrons. The number of aromatic nitrogens is 3. The van der Waals surface area contributed by atoms with Crippen LogP contribution in [0.5, 0.6) is 5.88 Å². The van der Waals surface area contributed by atoms with Crippen LogP contribution in [-0.2, 0) is 24.4 Å². The van der Waals surface area contributed by atoms with Crippen LogP contribution in [0.15, 0.2) is 42.5 Å². The third kappa shape index (κ3) is 6.24. The summed E-state index contributed by atoms with van der Waals surface area (Å²) in [6.07, 6.45) is 11.8. The van der Waals surface area contributed by atoms with Crippen molar-refractivity contribution in [3.05, 3.63) is 81.1 Å². The molecule has 1 aliphatic carbocycles. The number of rotatable bonds is 10. The molecule has 1 saturated heterocycles. The third-order valence-corrected chi connectivity index (χ3v) is 9.56. The van der Waals surface area contributed by atoms with E-state index in [4.69, 9.17) is 31.0 Å². The lowest BCUT2D eigenvalue weighted by molar-refractivity contribution is -0.0882. The highest BCUT2D eigenvalue weighted by Gasteiger charge is 2.39.